The second-order valence-corrected chi connectivity index (χ2v) is 4.84. The first kappa shape index (κ1) is 11.2. The Labute approximate surface area is 116 Å². The van der Waals surface area contributed by atoms with Crippen LogP contribution in [0.3, 0.4) is 0 Å². The van der Waals surface area contributed by atoms with Gasteiger partial charge in [-0.1, -0.05) is 36.4 Å². The van der Waals surface area contributed by atoms with Crippen molar-refractivity contribution in [2.75, 3.05) is 0 Å². The largest absolute Gasteiger partial charge is 0.404 e. The number of esters is 1. The summed E-state index contributed by atoms with van der Waals surface area (Å²) in [6.45, 7) is 0. The van der Waals surface area contributed by atoms with Gasteiger partial charge in [0.05, 0.1) is 5.69 Å². The molecule has 0 bridgehead atoms. The van der Waals surface area contributed by atoms with E-state index in [1.807, 2.05) is 18.2 Å². The van der Waals surface area contributed by atoms with Crippen LogP contribution in [0.5, 0.6) is 0 Å². The van der Waals surface area contributed by atoms with Crippen LogP contribution in [0.1, 0.15) is 11.1 Å². The van der Waals surface area contributed by atoms with Gasteiger partial charge in [-0.3, -0.25) is 0 Å². The number of aliphatic imine (C=N–C) groups is 1. The molecular weight excluding hydrogens is 250 g/mol. The van der Waals surface area contributed by atoms with Crippen molar-refractivity contribution < 1.29 is 9.53 Å². The summed E-state index contributed by atoms with van der Waals surface area (Å²) in [6.07, 6.45) is 3.86. The lowest BCUT2D eigenvalue weighted by Crippen LogP contribution is -1.98. The number of hydrogen-bond donors (Lipinski definition) is 0. The monoisotopic (exact) mass is 261 g/mol. The number of nitrogens with zero attached hydrogens (tertiary/aromatic N) is 1. The molecule has 1 heterocycles. The van der Waals surface area contributed by atoms with Gasteiger partial charge < -0.3 is 4.74 Å². The van der Waals surface area contributed by atoms with E-state index in [1.54, 1.807) is 6.08 Å². The van der Waals surface area contributed by atoms with Crippen LogP contribution < -0.4 is 0 Å². The van der Waals surface area contributed by atoms with Crippen molar-refractivity contribution in [2.24, 2.45) is 4.99 Å². The van der Waals surface area contributed by atoms with Gasteiger partial charge in [0, 0.05) is 18.6 Å². The summed E-state index contributed by atoms with van der Waals surface area (Å²) in [5, 5.41) is 0. The summed E-state index contributed by atoms with van der Waals surface area (Å²) in [5.74, 6) is -0.000955. The van der Waals surface area contributed by atoms with Crippen LogP contribution in [0.25, 0.3) is 11.1 Å². The molecule has 0 fully saturated rings. The molecule has 0 amide bonds. The summed E-state index contributed by atoms with van der Waals surface area (Å²) in [4.78, 5) is 15.5. The smallest absolute Gasteiger partial charge is 0.337 e. The quantitative estimate of drug-likeness (QED) is 0.630. The van der Waals surface area contributed by atoms with Crippen molar-refractivity contribution in [3.05, 3.63) is 65.7 Å². The third-order valence-electron chi connectivity index (χ3n) is 3.62. The molecule has 96 valence electrons. The van der Waals surface area contributed by atoms with Gasteiger partial charge in [0.15, 0.2) is 0 Å². The Balaban J connectivity index is 1.82. The van der Waals surface area contributed by atoms with Crippen molar-refractivity contribution in [3.63, 3.8) is 0 Å². The molecule has 0 atom stereocenters. The van der Waals surface area contributed by atoms with Gasteiger partial charge >= 0.3 is 5.97 Å². The number of cyclic esters (lactones) is 1. The first-order valence-corrected chi connectivity index (χ1v) is 6.50. The van der Waals surface area contributed by atoms with Crippen LogP contribution in [0.4, 0.5) is 5.69 Å². The lowest BCUT2D eigenvalue weighted by Gasteiger charge is -2.04. The van der Waals surface area contributed by atoms with Gasteiger partial charge in [-0.2, -0.15) is 0 Å². The fraction of sp³-hybridized carbons (Fsp3) is 0.0588. The molecule has 3 nitrogen and oxygen atoms in total. The van der Waals surface area contributed by atoms with Crippen molar-refractivity contribution in [1.82, 2.24) is 0 Å². The third-order valence-corrected chi connectivity index (χ3v) is 3.62. The van der Waals surface area contributed by atoms with Crippen LogP contribution in [-0.4, -0.2) is 11.9 Å². The van der Waals surface area contributed by atoms with Gasteiger partial charge in [-0.05, 0) is 28.3 Å². The van der Waals surface area contributed by atoms with E-state index in [2.05, 4.69) is 29.3 Å². The maximum atomic E-state index is 11.1. The first-order chi connectivity index (χ1) is 9.81. The second-order valence-electron chi connectivity index (χ2n) is 4.84. The molecule has 0 saturated heterocycles. The fourth-order valence-corrected chi connectivity index (χ4v) is 2.73. The minimum Gasteiger partial charge on any atom is -0.404 e. The van der Waals surface area contributed by atoms with E-state index in [0.717, 1.165) is 12.1 Å². The number of carbonyl (C=O) groups excluding carboxylic acids is 1. The lowest BCUT2D eigenvalue weighted by molar-refractivity contribution is -0.129. The van der Waals surface area contributed by atoms with Gasteiger partial charge in [0.1, 0.15) is 0 Å². The Hall–Kier alpha value is -2.68. The van der Waals surface area contributed by atoms with E-state index >= 15 is 0 Å². The highest BCUT2D eigenvalue weighted by atomic mass is 16.5. The number of carbonyl (C=O) groups is 1. The lowest BCUT2D eigenvalue weighted by atomic mass is 10.1. The van der Waals surface area contributed by atoms with Crippen LogP contribution in [0.15, 0.2) is 59.6 Å². The van der Waals surface area contributed by atoms with Crippen LogP contribution in [0, 0.1) is 0 Å². The summed E-state index contributed by atoms with van der Waals surface area (Å²) in [5.41, 5.74) is 5.86. The molecule has 1 aliphatic carbocycles. The normalized spacial score (nSPS) is 17.2. The Morgan fingerprint density at radius 3 is 2.65 bits per heavy atom. The number of ether oxygens (including phenoxy) is 1. The fourth-order valence-electron chi connectivity index (χ4n) is 2.73. The van der Waals surface area contributed by atoms with E-state index in [4.69, 9.17) is 4.74 Å². The molecular formula is C17H11NO2. The highest BCUT2D eigenvalue weighted by Gasteiger charge is 2.21. The number of benzene rings is 2. The predicted octanol–water partition coefficient (Wildman–Crippen LogP) is 3.40. The molecule has 20 heavy (non-hydrogen) atoms. The Morgan fingerprint density at radius 2 is 1.80 bits per heavy atom. The molecule has 0 unspecified atom stereocenters. The summed E-state index contributed by atoms with van der Waals surface area (Å²) < 4.78 is 5.00. The third kappa shape index (κ3) is 1.67. The standard InChI is InChI=1S/C17H11NO2/c19-17-9-8-16(20-17)18-15-7-3-6-13-12-5-2-1-4-11(12)10-14(13)15/h1-9H,10H2. The zero-order chi connectivity index (χ0) is 13.5. The van der Waals surface area contributed by atoms with Crippen molar-refractivity contribution >= 4 is 17.6 Å². The van der Waals surface area contributed by atoms with Crippen LogP contribution in [-0.2, 0) is 16.0 Å². The predicted molar refractivity (Wildman–Crippen MR) is 77.0 cm³/mol. The first-order valence-electron chi connectivity index (χ1n) is 6.50. The summed E-state index contributed by atoms with van der Waals surface area (Å²) in [6, 6.07) is 14.4. The number of fused-ring (bicyclic) bond motifs is 3. The molecule has 2 aromatic carbocycles. The topological polar surface area (TPSA) is 38.7 Å². The number of rotatable bonds is 1. The van der Waals surface area contributed by atoms with Gasteiger partial charge in [-0.25, -0.2) is 9.79 Å². The zero-order valence-corrected chi connectivity index (χ0v) is 10.7. The molecule has 0 saturated carbocycles. The van der Waals surface area contributed by atoms with Crippen LogP contribution >= 0.6 is 0 Å². The summed E-state index contributed by atoms with van der Waals surface area (Å²) in [7, 11) is 0. The van der Waals surface area contributed by atoms with Gasteiger partial charge in [0.2, 0.25) is 5.90 Å². The highest BCUT2D eigenvalue weighted by Crippen LogP contribution is 2.41. The van der Waals surface area contributed by atoms with Crippen molar-refractivity contribution in [2.45, 2.75) is 6.42 Å². The second kappa shape index (κ2) is 4.17. The molecule has 0 spiro atoms. The van der Waals surface area contributed by atoms with E-state index in [9.17, 15) is 4.79 Å². The minimum absolute atomic E-state index is 0.361. The Morgan fingerprint density at radius 1 is 0.950 bits per heavy atom. The Kier molecular flexibility index (Phi) is 2.33. The van der Waals surface area contributed by atoms with Gasteiger partial charge in [-0.15, -0.1) is 0 Å². The number of hydrogen-bond acceptors (Lipinski definition) is 3. The SMILES string of the molecule is O=C1C=CC(=Nc2cccc3c2Cc2ccccc2-3)O1. The van der Waals surface area contributed by atoms with Crippen LogP contribution in [0.2, 0.25) is 0 Å². The molecule has 4 rings (SSSR count). The summed E-state index contributed by atoms with van der Waals surface area (Å²) >= 11 is 0. The Bertz CT molecular complexity index is 787. The minimum atomic E-state index is -0.361. The maximum Gasteiger partial charge on any atom is 0.337 e. The van der Waals surface area contributed by atoms with E-state index in [1.165, 1.54) is 28.3 Å². The molecule has 0 N–H and O–H groups in total. The molecule has 0 aromatic heterocycles. The molecule has 2 aromatic rings. The molecule has 3 heteroatoms. The average molecular weight is 261 g/mol. The molecule has 2 aliphatic rings. The highest BCUT2D eigenvalue weighted by molar-refractivity contribution is 6.08. The molecule has 0 radical (unpaired) electrons. The molecule has 1 aliphatic heterocycles. The maximum absolute atomic E-state index is 11.1. The van der Waals surface area contributed by atoms with E-state index in [-0.39, 0.29) is 5.97 Å². The van der Waals surface area contributed by atoms with Crippen molar-refractivity contribution in [1.29, 1.82) is 0 Å². The average Bonchev–Trinajstić information content (AvgIpc) is 3.03. The zero-order valence-electron chi connectivity index (χ0n) is 10.7. The van der Waals surface area contributed by atoms with E-state index < -0.39 is 0 Å². The van der Waals surface area contributed by atoms with E-state index in [0.29, 0.717) is 5.90 Å². The van der Waals surface area contributed by atoms with Crippen molar-refractivity contribution in [3.8, 4) is 11.1 Å². The van der Waals surface area contributed by atoms with Gasteiger partial charge in [0.25, 0.3) is 0 Å².